The molecule has 0 saturated carbocycles. The minimum Gasteiger partial charge on any atom is -0.273 e. The molecule has 0 atom stereocenters. The lowest BCUT2D eigenvalue weighted by atomic mass is 10.2. The molecule has 0 aliphatic heterocycles. The van der Waals surface area contributed by atoms with E-state index in [1.165, 1.54) is 0 Å². The largest absolute Gasteiger partial charge is 0.296 e. The predicted octanol–water partition coefficient (Wildman–Crippen LogP) is 2.35. The van der Waals surface area contributed by atoms with Gasteiger partial charge < -0.3 is 0 Å². The Morgan fingerprint density at radius 1 is 1.04 bits per heavy atom. The average molecular weight is 381 g/mol. The molecule has 0 saturated heterocycles. The zero-order chi connectivity index (χ0) is 18.6. The Kier molecular flexibility index (Phi) is 5.39. The van der Waals surface area contributed by atoms with Crippen LogP contribution in [-0.4, -0.2) is 23.3 Å². The standard InChI is InChI=1S/C14H11N3O6S2/c18-16(19)11-6-7-13(12(9-11)17(20)21)25(22,23)15-14(24)8-10-4-2-1-3-5-10/h1-7,9H,8H2,(H,15,24). The summed E-state index contributed by atoms with van der Waals surface area (Å²) in [6.07, 6.45) is 0.121. The van der Waals surface area contributed by atoms with Gasteiger partial charge in [-0.25, -0.2) is 8.42 Å². The van der Waals surface area contributed by atoms with Gasteiger partial charge in [0.15, 0.2) is 4.90 Å². The van der Waals surface area contributed by atoms with E-state index in [0.717, 1.165) is 17.7 Å². The van der Waals surface area contributed by atoms with Crippen LogP contribution in [0.5, 0.6) is 0 Å². The van der Waals surface area contributed by atoms with Crippen molar-refractivity contribution in [2.24, 2.45) is 0 Å². The fraction of sp³-hybridized carbons (Fsp3) is 0.0714. The van der Waals surface area contributed by atoms with Crippen LogP contribution in [0, 0.1) is 20.2 Å². The molecule has 9 nitrogen and oxygen atoms in total. The highest BCUT2D eigenvalue weighted by atomic mass is 32.2. The predicted molar refractivity (Wildman–Crippen MR) is 92.8 cm³/mol. The third kappa shape index (κ3) is 4.55. The summed E-state index contributed by atoms with van der Waals surface area (Å²) in [4.78, 5) is 19.2. The van der Waals surface area contributed by atoms with Crippen molar-refractivity contribution in [2.75, 3.05) is 0 Å². The van der Waals surface area contributed by atoms with Gasteiger partial charge in [-0.2, -0.15) is 0 Å². The number of non-ortho nitro benzene ring substituents is 1. The zero-order valence-electron chi connectivity index (χ0n) is 12.5. The first-order valence-corrected chi connectivity index (χ1v) is 8.62. The van der Waals surface area contributed by atoms with Gasteiger partial charge >= 0.3 is 0 Å². The van der Waals surface area contributed by atoms with Crippen LogP contribution in [0.4, 0.5) is 11.4 Å². The summed E-state index contributed by atoms with van der Waals surface area (Å²) in [6, 6.07) is 11.1. The Hall–Kier alpha value is -2.92. The van der Waals surface area contributed by atoms with Crippen molar-refractivity contribution in [3.63, 3.8) is 0 Å². The van der Waals surface area contributed by atoms with Gasteiger partial charge in [0.1, 0.15) is 0 Å². The molecule has 130 valence electrons. The van der Waals surface area contributed by atoms with Gasteiger partial charge in [-0.1, -0.05) is 42.5 Å². The number of thiocarbonyl (C=S) groups is 1. The second-order valence-corrected chi connectivity index (χ2v) is 7.00. The minimum absolute atomic E-state index is 0.0566. The van der Waals surface area contributed by atoms with Crippen LogP contribution in [-0.2, 0) is 16.4 Å². The quantitative estimate of drug-likeness (QED) is 0.461. The number of benzene rings is 2. The van der Waals surface area contributed by atoms with E-state index in [4.69, 9.17) is 12.2 Å². The molecule has 0 bridgehead atoms. The number of nitro benzene ring substituents is 2. The fourth-order valence-corrected chi connectivity index (χ4v) is 3.65. The molecule has 0 aliphatic rings. The van der Waals surface area contributed by atoms with Gasteiger partial charge in [-0.3, -0.25) is 25.0 Å². The molecule has 0 fully saturated rings. The highest BCUT2D eigenvalue weighted by molar-refractivity contribution is 7.92. The Balaban J connectivity index is 2.31. The Labute approximate surface area is 147 Å². The van der Waals surface area contributed by atoms with Gasteiger partial charge in [0.05, 0.1) is 20.9 Å². The van der Waals surface area contributed by atoms with E-state index in [1.807, 2.05) is 0 Å². The summed E-state index contributed by atoms with van der Waals surface area (Å²) < 4.78 is 26.8. The molecule has 2 rings (SSSR count). The van der Waals surface area contributed by atoms with Crippen molar-refractivity contribution in [1.82, 2.24) is 4.72 Å². The maximum Gasteiger partial charge on any atom is 0.296 e. The number of sulfonamides is 1. The number of hydrogen-bond acceptors (Lipinski definition) is 7. The molecular formula is C14H11N3O6S2. The molecule has 0 heterocycles. The van der Waals surface area contributed by atoms with E-state index in [-0.39, 0.29) is 11.4 Å². The van der Waals surface area contributed by atoms with E-state index >= 15 is 0 Å². The summed E-state index contributed by atoms with van der Waals surface area (Å²) >= 11 is 4.99. The summed E-state index contributed by atoms with van der Waals surface area (Å²) in [5.74, 6) is 0. The highest BCUT2D eigenvalue weighted by Gasteiger charge is 2.29. The van der Waals surface area contributed by atoms with Crippen LogP contribution in [0.3, 0.4) is 0 Å². The van der Waals surface area contributed by atoms with Gasteiger partial charge in [0.2, 0.25) is 0 Å². The van der Waals surface area contributed by atoms with E-state index in [0.29, 0.717) is 6.07 Å². The molecule has 1 N–H and O–H groups in total. The Bertz CT molecular complexity index is 944. The Morgan fingerprint density at radius 2 is 1.68 bits per heavy atom. The second kappa shape index (κ2) is 7.32. The van der Waals surface area contributed by atoms with E-state index < -0.39 is 36.1 Å². The van der Waals surface area contributed by atoms with Gasteiger partial charge in [0.25, 0.3) is 21.4 Å². The van der Waals surface area contributed by atoms with Crippen molar-refractivity contribution < 1.29 is 18.3 Å². The SMILES string of the molecule is O=[N+]([O-])c1ccc(S(=O)(=O)NC(=S)Cc2ccccc2)c([N+](=O)[O-])c1. The van der Waals surface area contributed by atoms with Gasteiger partial charge in [-0.05, 0) is 11.6 Å². The van der Waals surface area contributed by atoms with Crippen LogP contribution < -0.4 is 4.72 Å². The molecule has 2 aromatic rings. The molecule has 0 radical (unpaired) electrons. The Morgan fingerprint density at radius 3 is 2.24 bits per heavy atom. The average Bonchev–Trinajstić information content (AvgIpc) is 2.54. The topological polar surface area (TPSA) is 132 Å². The summed E-state index contributed by atoms with van der Waals surface area (Å²) in [7, 11) is -4.35. The number of nitrogens with zero attached hydrogens (tertiary/aromatic N) is 2. The number of nitrogens with one attached hydrogen (secondary N) is 1. The number of hydrogen-bond donors (Lipinski definition) is 1. The number of rotatable bonds is 6. The molecule has 0 aromatic heterocycles. The second-order valence-electron chi connectivity index (χ2n) is 4.86. The molecule has 0 aliphatic carbocycles. The highest BCUT2D eigenvalue weighted by Crippen LogP contribution is 2.28. The smallest absolute Gasteiger partial charge is 0.273 e. The van der Waals surface area contributed by atoms with Gasteiger partial charge in [0, 0.05) is 12.5 Å². The number of nitro groups is 2. The fourth-order valence-electron chi connectivity index (χ4n) is 2.01. The van der Waals surface area contributed by atoms with Crippen LogP contribution >= 0.6 is 12.2 Å². The lowest BCUT2D eigenvalue weighted by Gasteiger charge is -2.09. The zero-order valence-corrected chi connectivity index (χ0v) is 14.1. The first-order chi connectivity index (χ1) is 11.7. The first-order valence-electron chi connectivity index (χ1n) is 6.73. The molecular weight excluding hydrogens is 370 g/mol. The maximum absolute atomic E-state index is 12.4. The maximum atomic E-state index is 12.4. The lowest BCUT2D eigenvalue weighted by molar-refractivity contribution is -0.396. The summed E-state index contributed by atoms with van der Waals surface area (Å²) in [6.45, 7) is 0. The van der Waals surface area contributed by atoms with E-state index in [9.17, 15) is 28.6 Å². The van der Waals surface area contributed by atoms with Crippen LogP contribution in [0.2, 0.25) is 0 Å². The van der Waals surface area contributed by atoms with Crippen molar-refractivity contribution in [2.45, 2.75) is 11.3 Å². The molecule has 2 aromatic carbocycles. The summed E-state index contributed by atoms with van der Waals surface area (Å²) in [5, 5.41) is 21.8. The van der Waals surface area contributed by atoms with E-state index in [1.54, 1.807) is 30.3 Å². The summed E-state index contributed by atoms with van der Waals surface area (Å²) in [5.41, 5.74) is -0.727. The molecule has 0 spiro atoms. The first kappa shape index (κ1) is 18.4. The van der Waals surface area contributed by atoms with Crippen LogP contribution in [0.1, 0.15) is 5.56 Å². The third-order valence-corrected chi connectivity index (χ3v) is 4.91. The van der Waals surface area contributed by atoms with Crippen molar-refractivity contribution in [1.29, 1.82) is 0 Å². The van der Waals surface area contributed by atoms with Crippen LogP contribution in [0.15, 0.2) is 53.4 Å². The molecule has 25 heavy (non-hydrogen) atoms. The van der Waals surface area contributed by atoms with Gasteiger partial charge in [-0.15, -0.1) is 0 Å². The molecule has 11 heteroatoms. The monoisotopic (exact) mass is 381 g/mol. The third-order valence-electron chi connectivity index (χ3n) is 3.10. The van der Waals surface area contributed by atoms with Crippen LogP contribution in [0.25, 0.3) is 0 Å². The van der Waals surface area contributed by atoms with E-state index in [2.05, 4.69) is 4.72 Å². The lowest BCUT2D eigenvalue weighted by Crippen LogP contribution is -2.31. The van der Waals surface area contributed by atoms with Crippen molar-refractivity contribution in [3.8, 4) is 0 Å². The normalized spacial score (nSPS) is 10.9. The minimum atomic E-state index is -4.35. The molecule has 0 amide bonds. The molecule has 0 unspecified atom stereocenters. The van der Waals surface area contributed by atoms with Crippen molar-refractivity contribution >= 4 is 38.6 Å². The van der Waals surface area contributed by atoms with Crippen molar-refractivity contribution in [3.05, 3.63) is 74.3 Å².